The number of ether oxygens (including phenoxy) is 2. The molecule has 1 fully saturated rings. The summed E-state index contributed by atoms with van der Waals surface area (Å²) >= 11 is 0. The van der Waals surface area contributed by atoms with Crippen LogP contribution in [0.2, 0.25) is 0 Å². The molecular formula is C22H33NO5. The first kappa shape index (κ1) is 22.2. The lowest BCUT2D eigenvalue weighted by Gasteiger charge is -2.26. The Morgan fingerprint density at radius 2 is 1.75 bits per heavy atom. The summed E-state index contributed by atoms with van der Waals surface area (Å²) in [4.78, 5) is 26.1. The molecule has 28 heavy (non-hydrogen) atoms. The molecule has 0 aliphatic carbocycles. The molecule has 1 heterocycles. The Morgan fingerprint density at radius 1 is 1.07 bits per heavy atom. The van der Waals surface area contributed by atoms with Gasteiger partial charge in [-0.3, -0.25) is 9.59 Å². The third kappa shape index (κ3) is 7.50. The monoisotopic (exact) mass is 391 g/mol. The molecular weight excluding hydrogens is 358 g/mol. The van der Waals surface area contributed by atoms with E-state index in [-0.39, 0.29) is 24.0 Å². The van der Waals surface area contributed by atoms with E-state index in [9.17, 15) is 14.7 Å². The number of amides is 1. The van der Waals surface area contributed by atoms with E-state index in [2.05, 4.69) is 6.92 Å². The lowest BCUT2D eigenvalue weighted by Crippen LogP contribution is -2.42. The molecule has 0 radical (unpaired) electrons. The number of hydrogen-bond acceptors (Lipinski definition) is 5. The molecule has 156 valence electrons. The van der Waals surface area contributed by atoms with E-state index in [1.807, 2.05) is 0 Å². The zero-order valence-corrected chi connectivity index (χ0v) is 17.0. The number of rotatable bonds is 12. The van der Waals surface area contributed by atoms with Crippen LogP contribution in [0.25, 0.3) is 0 Å². The van der Waals surface area contributed by atoms with Gasteiger partial charge >= 0.3 is 0 Å². The molecule has 1 amide bonds. The molecule has 0 spiro atoms. The fourth-order valence-corrected chi connectivity index (χ4v) is 3.26. The zero-order valence-electron chi connectivity index (χ0n) is 17.0. The van der Waals surface area contributed by atoms with Crippen LogP contribution in [0.5, 0.6) is 11.5 Å². The normalized spacial score (nSPS) is 14.1. The van der Waals surface area contributed by atoms with E-state index >= 15 is 0 Å². The lowest BCUT2D eigenvalue weighted by molar-refractivity contribution is -0.137. The van der Waals surface area contributed by atoms with Crippen molar-refractivity contribution in [2.45, 2.75) is 58.3 Å². The molecule has 1 N–H and O–H groups in total. The van der Waals surface area contributed by atoms with Crippen LogP contribution in [-0.2, 0) is 9.53 Å². The SMILES string of the molecule is CCCCCCCCCC(=O)c1ccc(OCC(=O)N2CCOCC2)cc1O. The van der Waals surface area contributed by atoms with Crippen molar-refractivity contribution in [3.8, 4) is 11.5 Å². The second kappa shape index (κ2) is 12.4. The predicted octanol–water partition coefficient (Wildman–Crippen LogP) is 3.95. The Kier molecular flexibility index (Phi) is 9.83. The highest BCUT2D eigenvalue weighted by molar-refractivity contribution is 5.98. The molecule has 1 aromatic carbocycles. The molecule has 0 atom stereocenters. The van der Waals surface area contributed by atoms with E-state index in [0.717, 1.165) is 19.3 Å². The van der Waals surface area contributed by atoms with Crippen molar-refractivity contribution in [2.75, 3.05) is 32.9 Å². The summed E-state index contributed by atoms with van der Waals surface area (Å²) in [6, 6.07) is 4.61. The molecule has 1 aliphatic heterocycles. The van der Waals surface area contributed by atoms with Crippen molar-refractivity contribution >= 4 is 11.7 Å². The van der Waals surface area contributed by atoms with Crippen molar-refractivity contribution in [3.05, 3.63) is 23.8 Å². The summed E-state index contributed by atoms with van der Waals surface area (Å²) in [5, 5.41) is 10.2. The molecule has 1 aliphatic rings. The van der Waals surface area contributed by atoms with Gasteiger partial charge in [-0.15, -0.1) is 0 Å². The fourth-order valence-electron chi connectivity index (χ4n) is 3.26. The van der Waals surface area contributed by atoms with E-state index in [1.54, 1.807) is 17.0 Å². The first-order chi connectivity index (χ1) is 13.6. The molecule has 6 nitrogen and oxygen atoms in total. The van der Waals surface area contributed by atoms with Crippen LogP contribution in [0.3, 0.4) is 0 Å². The molecule has 1 aromatic rings. The number of phenolic OH excluding ortho intramolecular Hbond substituents is 1. The van der Waals surface area contributed by atoms with Crippen molar-refractivity contribution in [1.82, 2.24) is 4.90 Å². The molecule has 0 aromatic heterocycles. The highest BCUT2D eigenvalue weighted by atomic mass is 16.5. The molecule has 6 heteroatoms. The third-order valence-corrected chi connectivity index (χ3v) is 5.00. The van der Waals surface area contributed by atoms with E-state index in [1.165, 1.54) is 31.7 Å². The second-order valence-electron chi connectivity index (χ2n) is 7.26. The fraction of sp³-hybridized carbons (Fsp3) is 0.636. The minimum atomic E-state index is -0.109. The van der Waals surface area contributed by atoms with Gasteiger partial charge in [0.1, 0.15) is 11.5 Å². The van der Waals surface area contributed by atoms with Crippen LogP contribution >= 0.6 is 0 Å². The van der Waals surface area contributed by atoms with Crippen molar-refractivity contribution in [3.63, 3.8) is 0 Å². The van der Waals surface area contributed by atoms with Gasteiger partial charge < -0.3 is 19.5 Å². The van der Waals surface area contributed by atoms with Gasteiger partial charge in [-0.25, -0.2) is 0 Å². The smallest absolute Gasteiger partial charge is 0.260 e. The number of nitrogens with zero attached hydrogens (tertiary/aromatic N) is 1. The average molecular weight is 392 g/mol. The maximum absolute atomic E-state index is 12.3. The van der Waals surface area contributed by atoms with Gasteiger partial charge in [-0.05, 0) is 18.6 Å². The molecule has 0 unspecified atom stereocenters. The number of phenols is 1. The molecule has 0 bridgehead atoms. The number of aromatic hydroxyl groups is 1. The van der Waals surface area contributed by atoms with Gasteiger partial charge in [0.2, 0.25) is 0 Å². The summed E-state index contributed by atoms with van der Waals surface area (Å²) < 4.78 is 10.7. The number of unbranched alkanes of at least 4 members (excludes halogenated alkanes) is 6. The Morgan fingerprint density at radius 3 is 2.43 bits per heavy atom. The van der Waals surface area contributed by atoms with Crippen LogP contribution in [0.4, 0.5) is 0 Å². The number of carbonyl (C=O) groups is 2. The highest BCUT2D eigenvalue weighted by Crippen LogP contribution is 2.25. The van der Waals surface area contributed by atoms with E-state index < -0.39 is 0 Å². The van der Waals surface area contributed by atoms with Crippen LogP contribution in [-0.4, -0.2) is 54.6 Å². The highest BCUT2D eigenvalue weighted by Gasteiger charge is 2.18. The Balaban J connectivity index is 1.73. The van der Waals surface area contributed by atoms with Gasteiger partial charge in [0, 0.05) is 25.6 Å². The van der Waals surface area contributed by atoms with Crippen molar-refractivity contribution < 1.29 is 24.2 Å². The summed E-state index contributed by atoms with van der Waals surface area (Å²) in [6.45, 7) is 4.33. The first-order valence-electron chi connectivity index (χ1n) is 10.5. The molecule has 0 saturated carbocycles. The Hall–Kier alpha value is -2.08. The number of Topliss-reactive ketones (excluding diaryl/α,β-unsaturated/α-hetero) is 1. The van der Waals surface area contributed by atoms with Crippen LogP contribution < -0.4 is 4.74 Å². The van der Waals surface area contributed by atoms with E-state index in [0.29, 0.717) is 44.0 Å². The summed E-state index contributed by atoms with van der Waals surface area (Å²) in [7, 11) is 0. The second-order valence-corrected chi connectivity index (χ2v) is 7.26. The number of morpholine rings is 1. The Labute approximate surface area is 167 Å². The lowest BCUT2D eigenvalue weighted by atomic mass is 10.0. The van der Waals surface area contributed by atoms with Crippen LogP contribution in [0, 0.1) is 0 Å². The Bertz CT molecular complexity index is 625. The zero-order chi connectivity index (χ0) is 20.2. The predicted molar refractivity (Wildman–Crippen MR) is 108 cm³/mol. The maximum Gasteiger partial charge on any atom is 0.260 e. The minimum absolute atomic E-state index is 0.0537. The third-order valence-electron chi connectivity index (χ3n) is 5.00. The number of carbonyl (C=O) groups excluding carboxylic acids is 2. The molecule has 2 rings (SSSR count). The van der Waals surface area contributed by atoms with Crippen LogP contribution in [0.1, 0.15) is 68.6 Å². The van der Waals surface area contributed by atoms with Gasteiger partial charge in [-0.2, -0.15) is 0 Å². The van der Waals surface area contributed by atoms with Crippen molar-refractivity contribution in [1.29, 1.82) is 0 Å². The standard InChI is InChI=1S/C22H33NO5/c1-2-3-4-5-6-7-8-9-20(24)19-11-10-18(16-21(19)25)28-17-22(26)23-12-14-27-15-13-23/h10-11,16,25H,2-9,12-15,17H2,1H3. The summed E-state index contributed by atoms with van der Waals surface area (Å²) in [5.41, 5.74) is 0.317. The largest absolute Gasteiger partial charge is 0.507 e. The quantitative estimate of drug-likeness (QED) is 0.431. The van der Waals surface area contributed by atoms with Crippen molar-refractivity contribution in [2.24, 2.45) is 0 Å². The van der Waals surface area contributed by atoms with Gasteiger partial charge in [0.05, 0.1) is 18.8 Å². The van der Waals surface area contributed by atoms with Gasteiger partial charge in [-0.1, -0.05) is 45.4 Å². The topological polar surface area (TPSA) is 76.1 Å². The first-order valence-corrected chi connectivity index (χ1v) is 10.5. The van der Waals surface area contributed by atoms with Gasteiger partial charge in [0.25, 0.3) is 5.91 Å². The maximum atomic E-state index is 12.3. The number of benzene rings is 1. The number of ketones is 1. The average Bonchev–Trinajstić information content (AvgIpc) is 2.72. The number of hydrogen-bond donors (Lipinski definition) is 1. The van der Waals surface area contributed by atoms with E-state index in [4.69, 9.17) is 9.47 Å². The summed E-state index contributed by atoms with van der Waals surface area (Å²) in [5.74, 6) is 0.125. The molecule has 1 saturated heterocycles. The summed E-state index contributed by atoms with van der Waals surface area (Å²) in [6.07, 6.45) is 8.49. The van der Waals surface area contributed by atoms with Crippen LogP contribution in [0.15, 0.2) is 18.2 Å². The van der Waals surface area contributed by atoms with Gasteiger partial charge in [0.15, 0.2) is 12.4 Å². The minimum Gasteiger partial charge on any atom is -0.507 e.